The van der Waals surface area contributed by atoms with E-state index in [-0.39, 0.29) is 28.8 Å². The van der Waals surface area contributed by atoms with Gasteiger partial charge in [-0.25, -0.2) is 17.9 Å². The molecule has 0 fully saturated rings. The summed E-state index contributed by atoms with van der Waals surface area (Å²) in [6.45, 7) is 7.63. The van der Waals surface area contributed by atoms with Crippen LogP contribution < -0.4 is 4.72 Å². The van der Waals surface area contributed by atoms with Crippen LogP contribution in [0.5, 0.6) is 0 Å². The number of esters is 1. The molecule has 0 bridgehead atoms. The molecule has 7 nitrogen and oxygen atoms in total. The quantitative estimate of drug-likeness (QED) is 0.793. The molecule has 0 saturated carbocycles. The van der Waals surface area contributed by atoms with Gasteiger partial charge in [0.05, 0.1) is 24.4 Å². The second-order valence-corrected chi connectivity index (χ2v) is 7.78. The molecular formula is C14H24N2O5S. The van der Waals surface area contributed by atoms with E-state index in [1.54, 1.807) is 14.0 Å². The lowest BCUT2D eigenvalue weighted by Gasteiger charge is -2.25. The van der Waals surface area contributed by atoms with Crippen LogP contribution >= 0.6 is 0 Å². The third-order valence-electron chi connectivity index (χ3n) is 2.77. The van der Waals surface area contributed by atoms with E-state index in [1.807, 2.05) is 20.8 Å². The molecule has 1 atom stereocenters. The van der Waals surface area contributed by atoms with E-state index >= 15 is 0 Å². The number of methoxy groups -OCH3 is 1. The molecule has 0 amide bonds. The molecule has 0 aliphatic heterocycles. The minimum absolute atomic E-state index is 0.00383. The summed E-state index contributed by atoms with van der Waals surface area (Å²) in [5, 5.41) is -0.00383. The Morgan fingerprint density at radius 2 is 2.00 bits per heavy atom. The fourth-order valence-corrected chi connectivity index (χ4v) is 3.30. The van der Waals surface area contributed by atoms with Crippen molar-refractivity contribution in [3.05, 3.63) is 17.8 Å². The average molecular weight is 332 g/mol. The lowest BCUT2D eigenvalue weighted by atomic mass is 10.2. The Balaban J connectivity index is 2.83. The van der Waals surface area contributed by atoms with Crippen molar-refractivity contribution < 1.29 is 22.7 Å². The number of carbonyl (C=O) groups excluding carboxylic acids is 1. The molecule has 126 valence electrons. The number of ether oxygens (including phenoxy) is 2. The highest BCUT2D eigenvalue weighted by molar-refractivity contribution is 7.89. The van der Waals surface area contributed by atoms with Gasteiger partial charge in [-0.05, 0) is 33.8 Å². The summed E-state index contributed by atoms with van der Waals surface area (Å²) >= 11 is 0. The highest BCUT2D eigenvalue weighted by Crippen LogP contribution is 2.15. The summed E-state index contributed by atoms with van der Waals surface area (Å²) in [5.41, 5.74) is -0.169. The molecule has 0 aliphatic rings. The number of aromatic nitrogens is 1. The van der Waals surface area contributed by atoms with E-state index in [1.165, 1.54) is 23.9 Å². The summed E-state index contributed by atoms with van der Waals surface area (Å²) < 4.78 is 38.7. The molecule has 1 aromatic rings. The van der Waals surface area contributed by atoms with Gasteiger partial charge in [-0.2, -0.15) is 0 Å². The molecule has 0 saturated heterocycles. The fraction of sp³-hybridized carbons (Fsp3) is 0.643. The Morgan fingerprint density at radius 3 is 2.50 bits per heavy atom. The van der Waals surface area contributed by atoms with E-state index in [2.05, 4.69) is 9.46 Å². The number of rotatable bonds is 6. The van der Waals surface area contributed by atoms with E-state index < -0.39 is 16.0 Å². The average Bonchev–Trinajstić information content (AvgIpc) is 2.76. The molecule has 22 heavy (non-hydrogen) atoms. The summed E-state index contributed by atoms with van der Waals surface area (Å²) in [5.74, 6) is -0.582. The molecule has 1 rings (SSSR count). The van der Waals surface area contributed by atoms with Crippen molar-refractivity contribution in [2.24, 2.45) is 7.05 Å². The van der Waals surface area contributed by atoms with E-state index in [4.69, 9.17) is 4.74 Å². The first-order valence-electron chi connectivity index (χ1n) is 6.88. The number of hydrogen-bond donors (Lipinski definition) is 1. The molecule has 1 N–H and O–H groups in total. The standard InChI is InChI=1S/C14H24N2O5S/c1-10(21-14(2,3)4)8-15-22(18,19)12-7-11(9-16(12)5)13(17)20-6/h7,9-10,15H,8H2,1-6H3. The molecule has 8 heteroatoms. The predicted octanol–water partition coefficient (Wildman–Crippen LogP) is 1.29. The molecular weight excluding hydrogens is 308 g/mol. The zero-order valence-electron chi connectivity index (χ0n) is 13.8. The van der Waals surface area contributed by atoms with Gasteiger partial charge in [0, 0.05) is 19.8 Å². The number of nitrogens with zero attached hydrogens (tertiary/aromatic N) is 1. The van der Waals surface area contributed by atoms with Crippen molar-refractivity contribution >= 4 is 16.0 Å². The smallest absolute Gasteiger partial charge is 0.339 e. The van der Waals surface area contributed by atoms with Gasteiger partial charge in [0.25, 0.3) is 10.0 Å². The maximum absolute atomic E-state index is 12.3. The largest absolute Gasteiger partial charge is 0.465 e. The van der Waals surface area contributed by atoms with E-state index in [0.717, 1.165) is 0 Å². The summed E-state index contributed by atoms with van der Waals surface area (Å²) in [6.07, 6.45) is 1.13. The second-order valence-electron chi connectivity index (χ2n) is 6.06. The van der Waals surface area contributed by atoms with E-state index in [9.17, 15) is 13.2 Å². The van der Waals surface area contributed by atoms with Crippen LogP contribution in [0.25, 0.3) is 0 Å². The normalized spacial score (nSPS) is 13.9. The van der Waals surface area contributed by atoms with Gasteiger partial charge in [0.1, 0.15) is 0 Å². The van der Waals surface area contributed by atoms with Crippen molar-refractivity contribution in [1.29, 1.82) is 0 Å². The highest BCUT2D eigenvalue weighted by atomic mass is 32.2. The number of sulfonamides is 1. The van der Waals surface area contributed by atoms with Gasteiger partial charge < -0.3 is 14.0 Å². The van der Waals surface area contributed by atoms with Gasteiger partial charge in [-0.15, -0.1) is 0 Å². The Kier molecular flexibility index (Phi) is 5.77. The van der Waals surface area contributed by atoms with Gasteiger partial charge in [0.2, 0.25) is 0 Å². The number of nitrogens with one attached hydrogen (secondary N) is 1. The zero-order valence-corrected chi connectivity index (χ0v) is 14.7. The lowest BCUT2D eigenvalue weighted by Crippen LogP contribution is -2.36. The zero-order chi connectivity index (χ0) is 17.1. The molecule has 0 aromatic carbocycles. The van der Waals surface area contributed by atoms with Crippen molar-refractivity contribution in [3.63, 3.8) is 0 Å². The Morgan fingerprint density at radius 1 is 1.41 bits per heavy atom. The second kappa shape index (κ2) is 6.80. The van der Waals surface area contributed by atoms with Crippen molar-refractivity contribution in [1.82, 2.24) is 9.29 Å². The molecule has 1 heterocycles. The van der Waals surface area contributed by atoms with Gasteiger partial charge in [-0.3, -0.25) is 0 Å². The third-order valence-corrected chi connectivity index (χ3v) is 4.27. The Labute approximate surface area is 131 Å². The summed E-state index contributed by atoms with van der Waals surface area (Å²) in [7, 11) is -0.942. The monoisotopic (exact) mass is 332 g/mol. The topological polar surface area (TPSA) is 86.6 Å². The van der Waals surface area contributed by atoms with Crippen LogP contribution in [0.2, 0.25) is 0 Å². The minimum Gasteiger partial charge on any atom is -0.465 e. The van der Waals surface area contributed by atoms with Crippen LogP contribution in [-0.2, 0) is 26.5 Å². The molecule has 0 aliphatic carbocycles. The number of aryl methyl sites for hydroxylation is 1. The Hall–Kier alpha value is -1.38. The van der Waals surface area contributed by atoms with Gasteiger partial charge in [-0.1, -0.05) is 0 Å². The summed E-state index contributed by atoms with van der Waals surface area (Å²) in [6, 6.07) is 1.28. The fourth-order valence-electron chi connectivity index (χ4n) is 1.99. The molecule has 0 spiro atoms. The molecule has 1 aromatic heterocycles. The first kappa shape index (κ1) is 18.7. The van der Waals surface area contributed by atoms with Gasteiger partial charge in [0.15, 0.2) is 5.03 Å². The van der Waals surface area contributed by atoms with Crippen LogP contribution in [0.1, 0.15) is 38.1 Å². The van der Waals surface area contributed by atoms with Crippen molar-refractivity contribution in [2.75, 3.05) is 13.7 Å². The highest BCUT2D eigenvalue weighted by Gasteiger charge is 2.23. The lowest BCUT2D eigenvalue weighted by molar-refractivity contribution is -0.0480. The van der Waals surface area contributed by atoms with Crippen molar-refractivity contribution in [3.8, 4) is 0 Å². The maximum atomic E-state index is 12.3. The van der Waals surface area contributed by atoms with Gasteiger partial charge >= 0.3 is 5.97 Å². The SMILES string of the molecule is COC(=O)c1cc(S(=O)(=O)NCC(C)OC(C)(C)C)n(C)c1. The van der Waals surface area contributed by atoms with Crippen LogP contribution in [0.15, 0.2) is 17.3 Å². The maximum Gasteiger partial charge on any atom is 0.339 e. The van der Waals surface area contributed by atoms with Crippen LogP contribution in [0.4, 0.5) is 0 Å². The summed E-state index contributed by atoms with van der Waals surface area (Å²) in [4.78, 5) is 11.5. The molecule has 1 unspecified atom stereocenters. The predicted molar refractivity (Wildman–Crippen MR) is 82.2 cm³/mol. The van der Waals surface area contributed by atoms with Crippen LogP contribution in [0, 0.1) is 0 Å². The Bertz CT molecular complexity index is 628. The first-order valence-corrected chi connectivity index (χ1v) is 8.37. The van der Waals surface area contributed by atoms with E-state index in [0.29, 0.717) is 0 Å². The van der Waals surface area contributed by atoms with Crippen LogP contribution in [0.3, 0.4) is 0 Å². The first-order chi connectivity index (χ1) is 9.96. The number of hydrogen-bond acceptors (Lipinski definition) is 5. The third kappa shape index (κ3) is 5.11. The number of carbonyl (C=O) groups is 1. The van der Waals surface area contributed by atoms with Crippen LogP contribution in [-0.4, -0.2) is 44.3 Å². The van der Waals surface area contributed by atoms with Crippen molar-refractivity contribution in [2.45, 2.75) is 44.4 Å². The molecule has 0 radical (unpaired) electrons. The minimum atomic E-state index is -3.74.